The molecule has 1 aromatic rings. The average Bonchev–Trinajstić information content (AvgIpc) is 1.94. The van der Waals surface area contributed by atoms with Gasteiger partial charge in [0.2, 0.25) is 0 Å². The third-order valence-corrected chi connectivity index (χ3v) is 1.42. The maximum absolute atomic E-state index is 10.4. The topological polar surface area (TPSA) is 57.5 Å². The first-order valence-corrected chi connectivity index (χ1v) is 3.21. The Labute approximate surface area is 84.4 Å². The summed E-state index contributed by atoms with van der Waals surface area (Å²) in [6.45, 7) is 0. The molecule has 66 valence electrons. The zero-order valence-electron chi connectivity index (χ0n) is 5.77. The van der Waals surface area contributed by atoms with Gasteiger partial charge in [0.25, 0.3) is 0 Å². The van der Waals surface area contributed by atoms with E-state index in [9.17, 15) is 4.79 Å². The number of carboxylic acid groups (broad SMARTS) is 1. The Kier molecular flexibility index (Phi) is 4.10. The Morgan fingerprint density at radius 1 is 1.42 bits per heavy atom. The number of phenols is 1. The minimum atomic E-state index is -1.19. The van der Waals surface area contributed by atoms with Crippen LogP contribution < -0.4 is 0 Å². The standard InChI is InChI=1S/C7H5ClO3.Fe/c8-4-1-2-6(9)5(3-4)7(10)11;/h1-3,9H,(H,10,11);. The van der Waals surface area contributed by atoms with E-state index in [1.54, 1.807) is 0 Å². The van der Waals surface area contributed by atoms with Crippen LogP contribution >= 0.6 is 11.6 Å². The van der Waals surface area contributed by atoms with E-state index in [0.717, 1.165) is 0 Å². The van der Waals surface area contributed by atoms with Crippen LogP contribution in [0.25, 0.3) is 0 Å². The van der Waals surface area contributed by atoms with E-state index >= 15 is 0 Å². The van der Waals surface area contributed by atoms with Gasteiger partial charge in [0.15, 0.2) is 0 Å². The van der Waals surface area contributed by atoms with Gasteiger partial charge in [-0.2, -0.15) is 0 Å². The van der Waals surface area contributed by atoms with Gasteiger partial charge in [-0.25, -0.2) is 4.79 Å². The number of hydrogen-bond donors (Lipinski definition) is 2. The van der Waals surface area contributed by atoms with Crippen LogP contribution in [-0.4, -0.2) is 16.2 Å². The van der Waals surface area contributed by atoms with Gasteiger partial charge in [-0.15, -0.1) is 0 Å². The summed E-state index contributed by atoms with van der Waals surface area (Å²) in [4.78, 5) is 10.4. The minimum absolute atomic E-state index is 0. The number of aromatic carboxylic acids is 1. The molecule has 0 atom stereocenters. The molecule has 0 aromatic heterocycles. The summed E-state index contributed by atoms with van der Waals surface area (Å²) in [6.07, 6.45) is 0. The molecule has 0 heterocycles. The fraction of sp³-hybridized carbons (Fsp3) is 0. The van der Waals surface area contributed by atoms with Crippen molar-refractivity contribution in [3.8, 4) is 5.75 Å². The molecular formula is C7H5ClFeO3. The molecule has 3 nitrogen and oxygen atoms in total. The average molecular weight is 228 g/mol. The molecular weight excluding hydrogens is 223 g/mol. The normalized spacial score (nSPS) is 8.75. The van der Waals surface area contributed by atoms with Gasteiger partial charge in [0, 0.05) is 22.1 Å². The summed E-state index contributed by atoms with van der Waals surface area (Å²) in [7, 11) is 0. The Balaban J connectivity index is 0.00000121. The largest absolute Gasteiger partial charge is 0.507 e. The monoisotopic (exact) mass is 228 g/mol. The molecule has 1 aromatic carbocycles. The van der Waals surface area contributed by atoms with Gasteiger partial charge < -0.3 is 10.2 Å². The third-order valence-electron chi connectivity index (χ3n) is 1.19. The number of benzene rings is 1. The van der Waals surface area contributed by atoms with E-state index in [1.807, 2.05) is 0 Å². The van der Waals surface area contributed by atoms with Crippen molar-refractivity contribution in [3.63, 3.8) is 0 Å². The van der Waals surface area contributed by atoms with E-state index in [4.69, 9.17) is 21.8 Å². The summed E-state index contributed by atoms with van der Waals surface area (Å²) in [5.41, 5.74) is -0.183. The maximum atomic E-state index is 10.4. The first-order chi connectivity index (χ1) is 5.11. The number of rotatable bonds is 1. The molecule has 0 aliphatic carbocycles. The molecule has 12 heavy (non-hydrogen) atoms. The second-order valence-corrected chi connectivity index (χ2v) is 2.40. The molecule has 0 saturated heterocycles. The van der Waals surface area contributed by atoms with Crippen LogP contribution in [0.5, 0.6) is 5.75 Å². The number of hydrogen-bond acceptors (Lipinski definition) is 2. The molecule has 0 saturated carbocycles. The molecule has 1 rings (SSSR count). The van der Waals surface area contributed by atoms with E-state index in [2.05, 4.69) is 0 Å². The van der Waals surface area contributed by atoms with Gasteiger partial charge in [-0.3, -0.25) is 0 Å². The fourth-order valence-electron chi connectivity index (χ4n) is 0.680. The Morgan fingerprint density at radius 2 is 2.00 bits per heavy atom. The van der Waals surface area contributed by atoms with Crippen LogP contribution in [0.2, 0.25) is 5.02 Å². The molecule has 2 N–H and O–H groups in total. The van der Waals surface area contributed by atoms with Crippen LogP contribution in [-0.2, 0) is 17.1 Å². The summed E-state index contributed by atoms with van der Waals surface area (Å²) in [5.74, 6) is -1.47. The van der Waals surface area contributed by atoms with Crippen molar-refractivity contribution in [1.82, 2.24) is 0 Å². The van der Waals surface area contributed by atoms with Crippen molar-refractivity contribution in [1.29, 1.82) is 0 Å². The molecule has 0 unspecified atom stereocenters. The Morgan fingerprint density at radius 3 is 2.42 bits per heavy atom. The fourth-order valence-corrected chi connectivity index (χ4v) is 0.852. The predicted octanol–water partition coefficient (Wildman–Crippen LogP) is 1.74. The molecule has 0 aliphatic heterocycles. The number of carbonyl (C=O) groups is 1. The Hall–Kier alpha value is -0.701. The molecule has 0 aliphatic rings. The zero-order valence-corrected chi connectivity index (χ0v) is 7.63. The van der Waals surface area contributed by atoms with Gasteiger partial charge >= 0.3 is 5.97 Å². The van der Waals surface area contributed by atoms with Crippen LogP contribution in [0, 0.1) is 0 Å². The van der Waals surface area contributed by atoms with Gasteiger partial charge in [-0.1, -0.05) is 11.6 Å². The van der Waals surface area contributed by atoms with Crippen molar-refractivity contribution in [2.45, 2.75) is 0 Å². The first kappa shape index (κ1) is 11.3. The quantitative estimate of drug-likeness (QED) is 0.720. The van der Waals surface area contributed by atoms with Gasteiger partial charge in [0.1, 0.15) is 11.3 Å². The SMILES string of the molecule is O=C(O)c1cc(Cl)ccc1O.[Fe]. The molecule has 0 amide bonds. The third kappa shape index (κ3) is 2.41. The summed E-state index contributed by atoms with van der Waals surface area (Å²) in [6, 6.07) is 3.86. The summed E-state index contributed by atoms with van der Waals surface area (Å²) >= 11 is 5.49. The van der Waals surface area contributed by atoms with Crippen molar-refractivity contribution in [2.24, 2.45) is 0 Å². The second kappa shape index (κ2) is 4.36. The van der Waals surface area contributed by atoms with Crippen molar-refractivity contribution < 1.29 is 32.1 Å². The van der Waals surface area contributed by atoms with Crippen LogP contribution in [0.3, 0.4) is 0 Å². The molecule has 0 spiro atoms. The minimum Gasteiger partial charge on any atom is -0.507 e. The number of aromatic hydroxyl groups is 1. The van der Waals surface area contributed by atoms with E-state index in [1.165, 1.54) is 18.2 Å². The van der Waals surface area contributed by atoms with E-state index in [0.29, 0.717) is 5.02 Å². The van der Waals surface area contributed by atoms with Gasteiger partial charge in [0.05, 0.1) is 0 Å². The predicted molar refractivity (Wildman–Crippen MR) is 40.1 cm³/mol. The summed E-state index contributed by atoms with van der Waals surface area (Å²) in [5, 5.41) is 17.7. The Bertz CT molecular complexity index is 301. The molecule has 0 radical (unpaired) electrons. The van der Waals surface area contributed by atoms with Crippen molar-refractivity contribution in [3.05, 3.63) is 28.8 Å². The van der Waals surface area contributed by atoms with Crippen molar-refractivity contribution in [2.75, 3.05) is 0 Å². The zero-order chi connectivity index (χ0) is 8.43. The number of carboxylic acids is 1. The second-order valence-electron chi connectivity index (χ2n) is 1.97. The molecule has 0 fully saturated rings. The van der Waals surface area contributed by atoms with Crippen molar-refractivity contribution >= 4 is 17.6 Å². The van der Waals surface area contributed by atoms with E-state index < -0.39 is 5.97 Å². The first-order valence-electron chi connectivity index (χ1n) is 2.83. The maximum Gasteiger partial charge on any atom is 0.339 e. The van der Waals surface area contributed by atoms with Crippen LogP contribution in [0.1, 0.15) is 10.4 Å². The molecule has 0 bridgehead atoms. The van der Waals surface area contributed by atoms with Crippen LogP contribution in [0.15, 0.2) is 18.2 Å². The molecule has 5 heteroatoms. The number of halogens is 1. The summed E-state index contributed by atoms with van der Waals surface area (Å²) < 4.78 is 0. The van der Waals surface area contributed by atoms with Crippen LogP contribution in [0.4, 0.5) is 0 Å². The van der Waals surface area contributed by atoms with Gasteiger partial charge in [-0.05, 0) is 18.2 Å². The van der Waals surface area contributed by atoms with E-state index in [-0.39, 0.29) is 28.4 Å². The smallest absolute Gasteiger partial charge is 0.339 e.